The molecule has 0 spiro atoms. The highest BCUT2D eigenvalue weighted by molar-refractivity contribution is 4.88. The Morgan fingerprint density at radius 3 is 1.19 bits per heavy atom. The van der Waals surface area contributed by atoms with Crippen LogP contribution < -0.4 is 0 Å². The lowest BCUT2D eigenvalue weighted by molar-refractivity contribution is -0.535. The van der Waals surface area contributed by atoms with Crippen LogP contribution in [0.1, 0.15) is 0 Å². The average molecular weight is 352 g/mol. The Morgan fingerprint density at radius 2 is 0.952 bits per heavy atom. The Balaban J connectivity index is 5.70. The van der Waals surface area contributed by atoms with Crippen molar-refractivity contribution in [3.8, 4) is 0 Å². The molecule has 0 aromatic rings. The molecule has 0 amide bonds. The monoisotopic (exact) mass is 352 g/mol. The summed E-state index contributed by atoms with van der Waals surface area (Å²) in [7, 11) is 0. The van der Waals surface area contributed by atoms with E-state index in [1.165, 1.54) is 4.74 Å². The zero-order valence-corrected chi connectivity index (χ0v) is 8.81. The van der Waals surface area contributed by atoms with Crippen LogP contribution in [0.25, 0.3) is 0 Å². The van der Waals surface area contributed by atoms with E-state index in [1.54, 1.807) is 0 Å². The predicted octanol–water partition coefficient (Wildman–Crippen LogP) is 4.22. The normalized spacial score (nSPS) is 18.0. The SMILES string of the molecule is FC(F)OC(F)(C(F)(F)F)C(F)(F)OC(F)(F)C(F)(F)F. The van der Waals surface area contributed by atoms with Crippen molar-refractivity contribution in [2.75, 3.05) is 0 Å². The van der Waals surface area contributed by atoms with Crippen molar-refractivity contribution in [2.45, 2.75) is 37.0 Å². The first-order valence-electron chi connectivity index (χ1n) is 4.11. The standard InChI is InChI=1S/C6HF13O2/c7-1(8)20-2(9,3(10,11)12)5(16,17)21-6(18,19)4(13,14)15/h1H. The topological polar surface area (TPSA) is 18.5 Å². The van der Waals surface area contributed by atoms with Crippen LogP contribution in [0, 0.1) is 0 Å². The number of hydrogen-bond acceptors (Lipinski definition) is 2. The summed E-state index contributed by atoms with van der Waals surface area (Å²) in [6, 6.07) is 0. The van der Waals surface area contributed by atoms with Gasteiger partial charge in [0.05, 0.1) is 0 Å². The minimum absolute atomic E-state index is 1.44. The van der Waals surface area contributed by atoms with Crippen molar-refractivity contribution >= 4 is 0 Å². The fraction of sp³-hybridized carbons (Fsp3) is 1.00. The highest BCUT2D eigenvalue weighted by atomic mass is 19.4. The first kappa shape index (κ1) is 20.0. The van der Waals surface area contributed by atoms with E-state index in [2.05, 4.69) is 0 Å². The van der Waals surface area contributed by atoms with Crippen molar-refractivity contribution in [3.63, 3.8) is 0 Å². The molecule has 0 saturated carbocycles. The molecule has 0 bridgehead atoms. The van der Waals surface area contributed by atoms with Crippen LogP contribution in [0.5, 0.6) is 0 Å². The second-order valence-electron chi connectivity index (χ2n) is 3.10. The van der Waals surface area contributed by atoms with Crippen LogP contribution in [-0.4, -0.2) is 37.0 Å². The first-order chi connectivity index (χ1) is 8.87. The molecule has 0 saturated heterocycles. The number of rotatable bonds is 5. The molecule has 0 aliphatic rings. The van der Waals surface area contributed by atoms with E-state index in [1.807, 2.05) is 4.74 Å². The molecular weight excluding hydrogens is 351 g/mol. The van der Waals surface area contributed by atoms with Gasteiger partial charge in [-0.2, -0.15) is 57.1 Å². The van der Waals surface area contributed by atoms with E-state index < -0.39 is 37.0 Å². The zero-order valence-electron chi connectivity index (χ0n) is 8.81. The molecule has 1 atom stereocenters. The lowest BCUT2D eigenvalue weighted by Gasteiger charge is -2.35. The van der Waals surface area contributed by atoms with Gasteiger partial charge in [0.2, 0.25) is 0 Å². The number of halogens is 13. The van der Waals surface area contributed by atoms with Crippen LogP contribution in [0.2, 0.25) is 0 Å². The minimum Gasteiger partial charge on any atom is -0.270 e. The smallest absolute Gasteiger partial charge is 0.270 e. The molecule has 0 aliphatic heterocycles. The molecule has 0 aromatic heterocycles. The molecule has 0 aliphatic carbocycles. The maximum atomic E-state index is 12.8. The second kappa shape index (κ2) is 5.33. The summed E-state index contributed by atoms with van der Waals surface area (Å²) in [6.07, 6.45) is -28.2. The second-order valence-corrected chi connectivity index (χ2v) is 3.10. The van der Waals surface area contributed by atoms with Crippen LogP contribution in [0.3, 0.4) is 0 Å². The highest BCUT2D eigenvalue weighted by Crippen LogP contribution is 2.51. The van der Waals surface area contributed by atoms with Gasteiger partial charge >= 0.3 is 37.0 Å². The molecule has 128 valence electrons. The summed E-state index contributed by atoms with van der Waals surface area (Å²) in [5.74, 6) is -6.96. The van der Waals surface area contributed by atoms with Gasteiger partial charge in [0.25, 0.3) is 0 Å². The fourth-order valence-corrected chi connectivity index (χ4v) is 0.708. The van der Waals surface area contributed by atoms with E-state index >= 15 is 0 Å². The van der Waals surface area contributed by atoms with Gasteiger partial charge in [-0.15, -0.1) is 0 Å². The quantitative estimate of drug-likeness (QED) is 0.690. The van der Waals surface area contributed by atoms with Gasteiger partial charge in [-0.1, -0.05) is 0 Å². The van der Waals surface area contributed by atoms with Crippen molar-refractivity contribution in [3.05, 3.63) is 0 Å². The third-order valence-electron chi connectivity index (χ3n) is 1.58. The van der Waals surface area contributed by atoms with E-state index in [-0.39, 0.29) is 0 Å². The summed E-state index contributed by atoms with van der Waals surface area (Å²) in [5.41, 5.74) is 0. The molecule has 0 radical (unpaired) electrons. The summed E-state index contributed by atoms with van der Waals surface area (Å²) >= 11 is 0. The third kappa shape index (κ3) is 4.02. The van der Waals surface area contributed by atoms with Crippen LogP contribution >= 0.6 is 0 Å². The van der Waals surface area contributed by atoms with E-state index in [9.17, 15) is 57.1 Å². The number of ether oxygens (including phenoxy) is 2. The molecule has 0 N–H and O–H groups in total. The molecule has 1 unspecified atom stereocenters. The molecule has 0 heterocycles. The van der Waals surface area contributed by atoms with Gasteiger partial charge in [0.15, 0.2) is 0 Å². The van der Waals surface area contributed by atoms with Gasteiger partial charge in [0.1, 0.15) is 0 Å². The zero-order chi connectivity index (χ0) is 17.5. The number of alkyl halides is 13. The van der Waals surface area contributed by atoms with Gasteiger partial charge < -0.3 is 0 Å². The van der Waals surface area contributed by atoms with Gasteiger partial charge in [-0.25, -0.2) is 4.74 Å². The van der Waals surface area contributed by atoms with Crippen molar-refractivity contribution in [1.82, 2.24) is 0 Å². The van der Waals surface area contributed by atoms with Crippen LogP contribution in [-0.2, 0) is 9.47 Å². The summed E-state index contributed by atoms with van der Waals surface area (Å²) in [4.78, 5) is 0. The number of hydrogen-bond donors (Lipinski definition) is 0. The lowest BCUT2D eigenvalue weighted by atomic mass is 10.2. The van der Waals surface area contributed by atoms with Crippen LogP contribution in [0.15, 0.2) is 0 Å². The lowest BCUT2D eigenvalue weighted by Crippen LogP contribution is -2.62. The molecule has 0 aromatic carbocycles. The molecular formula is C6HF13O2. The van der Waals surface area contributed by atoms with Crippen molar-refractivity contribution in [1.29, 1.82) is 0 Å². The average Bonchev–Trinajstić information content (AvgIpc) is 2.10. The molecule has 21 heavy (non-hydrogen) atoms. The Bertz CT molecular complexity index is 357. The van der Waals surface area contributed by atoms with Crippen molar-refractivity contribution < 1.29 is 66.5 Å². The Morgan fingerprint density at radius 1 is 0.571 bits per heavy atom. The van der Waals surface area contributed by atoms with E-state index in [0.29, 0.717) is 0 Å². The van der Waals surface area contributed by atoms with Crippen molar-refractivity contribution in [2.24, 2.45) is 0 Å². The minimum atomic E-state index is -7.15. The third-order valence-corrected chi connectivity index (χ3v) is 1.58. The van der Waals surface area contributed by atoms with E-state index in [4.69, 9.17) is 0 Å². The molecule has 2 nitrogen and oxygen atoms in total. The fourth-order valence-electron chi connectivity index (χ4n) is 0.708. The first-order valence-corrected chi connectivity index (χ1v) is 4.11. The largest absolute Gasteiger partial charge is 0.483 e. The Labute approximate surface area is 105 Å². The Hall–Kier alpha value is -0.990. The molecule has 0 fully saturated rings. The Kier molecular flexibility index (Phi) is 5.08. The highest BCUT2D eigenvalue weighted by Gasteiger charge is 2.79. The maximum absolute atomic E-state index is 12.8. The predicted molar refractivity (Wildman–Crippen MR) is 34.0 cm³/mol. The van der Waals surface area contributed by atoms with Gasteiger partial charge in [-0.05, 0) is 0 Å². The van der Waals surface area contributed by atoms with Gasteiger partial charge in [-0.3, -0.25) is 4.74 Å². The summed E-state index contributed by atoms with van der Waals surface area (Å²) < 4.78 is 159. The molecule has 15 heteroatoms. The van der Waals surface area contributed by atoms with E-state index in [0.717, 1.165) is 0 Å². The van der Waals surface area contributed by atoms with Crippen LogP contribution in [0.4, 0.5) is 57.1 Å². The summed E-state index contributed by atoms with van der Waals surface area (Å²) in [6.45, 7) is -4.94. The van der Waals surface area contributed by atoms with Gasteiger partial charge in [0, 0.05) is 0 Å². The maximum Gasteiger partial charge on any atom is 0.483 e. The summed E-state index contributed by atoms with van der Waals surface area (Å²) in [5, 5.41) is 0. The molecule has 0 rings (SSSR count).